The van der Waals surface area contributed by atoms with Crippen molar-refractivity contribution in [1.82, 2.24) is 0 Å². The second-order valence-corrected chi connectivity index (χ2v) is 3.36. The monoisotopic (exact) mass is 223 g/mol. The van der Waals surface area contributed by atoms with Gasteiger partial charge in [0, 0.05) is 10.6 Å². The second-order valence-electron chi connectivity index (χ2n) is 2.95. The lowest BCUT2D eigenvalue weighted by atomic mass is 10.0. The maximum Gasteiger partial charge on any atom is 0.257 e. The quantitative estimate of drug-likeness (QED) is 0.819. The standard InChI is InChI=1S/C9H9ClF3N/c1-4-2-3-5(10)6(7(4)11)8(14)9(12)13/h2-3,8-9H,14H2,1H3. The van der Waals surface area contributed by atoms with Crippen molar-refractivity contribution in [3.05, 3.63) is 34.1 Å². The van der Waals surface area contributed by atoms with E-state index in [4.69, 9.17) is 17.3 Å². The Hall–Kier alpha value is -0.740. The fraction of sp³-hybridized carbons (Fsp3) is 0.333. The van der Waals surface area contributed by atoms with Crippen LogP contribution < -0.4 is 5.73 Å². The van der Waals surface area contributed by atoms with E-state index in [9.17, 15) is 13.2 Å². The highest BCUT2D eigenvalue weighted by molar-refractivity contribution is 6.31. The Morgan fingerprint density at radius 3 is 2.43 bits per heavy atom. The van der Waals surface area contributed by atoms with Gasteiger partial charge in [-0.2, -0.15) is 0 Å². The van der Waals surface area contributed by atoms with Gasteiger partial charge in [0.15, 0.2) is 0 Å². The molecule has 1 unspecified atom stereocenters. The van der Waals surface area contributed by atoms with Gasteiger partial charge in [0.25, 0.3) is 6.43 Å². The first-order valence-electron chi connectivity index (χ1n) is 3.93. The number of nitrogens with two attached hydrogens (primary N) is 1. The third kappa shape index (κ3) is 2.01. The summed E-state index contributed by atoms with van der Waals surface area (Å²) >= 11 is 5.59. The van der Waals surface area contributed by atoms with Gasteiger partial charge in [-0.3, -0.25) is 0 Å². The summed E-state index contributed by atoms with van der Waals surface area (Å²) in [4.78, 5) is 0. The molecule has 1 rings (SSSR count). The van der Waals surface area contributed by atoms with Crippen LogP contribution in [0, 0.1) is 12.7 Å². The van der Waals surface area contributed by atoms with Crippen LogP contribution in [0.5, 0.6) is 0 Å². The number of aryl methyl sites for hydroxylation is 1. The molecule has 0 aliphatic carbocycles. The first-order valence-corrected chi connectivity index (χ1v) is 4.31. The third-order valence-electron chi connectivity index (χ3n) is 1.92. The molecular weight excluding hydrogens is 215 g/mol. The van der Waals surface area contributed by atoms with E-state index in [1.165, 1.54) is 19.1 Å². The maximum absolute atomic E-state index is 13.4. The summed E-state index contributed by atoms with van der Waals surface area (Å²) < 4.78 is 37.9. The van der Waals surface area contributed by atoms with Crippen molar-refractivity contribution in [2.24, 2.45) is 5.73 Å². The summed E-state index contributed by atoms with van der Waals surface area (Å²) in [6.45, 7) is 1.47. The first kappa shape index (κ1) is 11.3. The molecule has 0 heterocycles. The molecule has 0 bridgehead atoms. The van der Waals surface area contributed by atoms with Gasteiger partial charge in [-0.1, -0.05) is 17.7 Å². The van der Waals surface area contributed by atoms with Crippen molar-refractivity contribution in [3.8, 4) is 0 Å². The fourth-order valence-corrected chi connectivity index (χ4v) is 1.38. The van der Waals surface area contributed by atoms with Crippen molar-refractivity contribution in [2.45, 2.75) is 19.4 Å². The van der Waals surface area contributed by atoms with Crippen LogP contribution in [0.4, 0.5) is 13.2 Å². The van der Waals surface area contributed by atoms with Crippen molar-refractivity contribution < 1.29 is 13.2 Å². The molecule has 14 heavy (non-hydrogen) atoms. The SMILES string of the molecule is Cc1ccc(Cl)c(C(N)C(F)F)c1F. The largest absolute Gasteiger partial charge is 0.319 e. The zero-order valence-electron chi connectivity index (χ0n) is 7.40. The van der Waals surface area contributed by atoms with Crippen LogP contribution >= 0.6 is 11.6 Å². The molecule has 0 aliphatic rings. The molecule has 0 radical (unpaired) electrons. The van der Waals surface area contributed by atoms with E-state index in [-0.39, 0.29) is 16.1 Å². The normalized spacial score (nSPS) is 13.4. The predicted octanol–water partition coefficient (Wildman–Crippen LogP) is 3.05. The topological polar surface area (TPSA) is 26.0 Å². The van der Waals surface area contributed by atoms with E-state index in [1.54, 1.807) is 0 Å². The number of hydrogen-bond acceptors (Lipinski definition) is 1. The summed E-state index contributed by atoms with van der Waals surface area (Å²) in [6, 6.07) is 1.10. The van der Waals surface area contributed by atoms with Crippen molar-refractivity contribution in [3.63, 3.8) is 0 Å². The Morgan fingerprint density at radius 1 is 1.36 bits per heavy atom. The van der Waals surface area contributed by atoms with Crippen LogP contribution in [0.1, 0.15) is 17.2 Å². The molecule has 5 heteroatoms. The molecule has 0 amide bonds. The first-order chi connectivity index (χ1) is 6.45. The Labute approximate surface area is 84.7 Å². The molecule has 0 spiro atoms. The van der Waals surface area contributed by atoms with Gasteiger partial charge in [-0.15, -0.1) is 0 Å². The van der Waals surface area contributed by atoms with Crippen LogP contribution in [0.15, 0.2) is 12.1 Å². The lowest BCUT2D eigenvalue weighted by Gasteiger charge is -2.14. The number of halogens is 4. The zero-order chi connectivity index (χ0) is 10.9. The zero-order valence-corrected chi connectivity index (χ0v) is 8.15. The van der Waals surface area contributed by atoms with Crippen LogP contribution in [0.3, 0.4) is 0 Å². The van der Waals surface area contributed by atoms with E-state index < -0.39 is 18.3 Å². The van der Waals surface area contributed by atoms with Gasteiger partial charge in [0.05, 0.1) is 6.04 Å². The Bertz CT molecular complexity index is 341. The summed E-state index contributed by atoms with van der Waals surface area (Å²) in [5.41, 5.74) is 5.07. The molecule has 1 aromatic carbocycles. The Balaban J connectivity index is 3.25. The van der Waals surface area contributed by atoms with Crippen molar-refractivity contribution >= 4 is 11.6 Å². The molecule has 0 aromatic heterocycles. The average molecular weight is 224 g/mol. The Morgan fingerprint density at radius 2 is 1.93 bits per heavy atom. The van der Waals surface area contributed by atoms with Gasteiger partial charge in [-0.05, 0) is 18.6 Å². The lowest BCUT2D eigenvalue weighted by molar-refractivity contribution is 0.115. The second kappa shape index (κ2) is 4.19. The minimum Gasteiger partial charge on any atom is -0.319 e. The van der Waals surface area contributed by atoms with E-state index in [0.29, 0.717) is 0 Å². The van der Waals surface area contributed by atoms with Gasteiger partial charge < -0.3 is 5.73 Å². The lowest BCUT2D eigenvalue weighted by Crippen LogP contribution is -2.21. The average Bonchev–Trinajstić information content (AvgIpc) is 2.12. The summed E-state index contributed by atoms with van der Waals surface area (Å²) in [5, 5.41) is -0.0686. The van der Waals surface area contributed by atoms with Crippen molar-refractivity contribution in [2.75, 3.05) is 0 Å². The van der Waals surface area contributed by atoms with Gasteiger partial charge >= 0.3 is 0 Å². The molecule has 2 N–H and O–H groups in total. The third-order valence-corrected chi connectivity index (χ3v) is 2.25. The highest BCUT2D eigenvalue weighted by atomic mass is 35.5. The molecular formula is C9H9ClF3N. The van der Waals surface area contributed by atoms with Gasteiger partial charge in [0.2, 0.25) is 0 Å². The van der Waals surface area contributed by atoms with Crippen LogP contribution in [-0.4, -0.2) is 6.43 Å². The summed E-state index contributed by atoms with van der Waals surface area (Å²) in [5.74, 6) is -0.759. The van der Waals surface area contributed by atoms with Gasteiger partial charge in [0.1, 0.15) is 5.82 Å². The van der Waals surface area contributed by atoms with E-state index >= 15 is 0 Å². The highest BCUT2D eigenvalue weighted by Crippen LogP contribution is 2.29. The van der Waals surface area contributed by atoms with Crippen LogP contribution in [0.25, 0.3) is 0 Å². The number of alkyl halides is 2. The van der Waals surface area contributed by atoms with Gasteiger partial charge in [-0.25, -0.2) is 13.2 Å². The molecule has 0 saturated carbocycles. The molecule has 0 fully saturated rings. The molecule has 1 nitrogen and oxygen atoms in total. The highest BCUT2D eigenvalue weighted by Gasteiger charge is 2.24. The number of hydrogen-bond donors (Lipinski definition) is 1. The number of rotatable bonds is 2. The molecule has 1 aromatic rings. The van der Waals surface area contributed by atoms with E-state index in [1.807, 2.05) is 0 Å². The minimum atomic E-state index is -2.83. The molecule has 1 atom stereocenters. The molecule has 0 aliphatic heterocycles. The molecule has 0 saturated heterocycles. The van der Waals surface area contributed by atoms with E-state index in [2.05, 4.69) is 0 Å². The maximum atomic E-state index is 13.4. The van der Waals surface area contributed by atoms with Crippen LogP contribution in [-0.2, 0) is 0 Å². The van der Waals surface area contributed by atoms with E-state index in [0.717, 1.165) is 0 Å². The van der Waals surface area contributed by atoms with Crippen LogP contribution in [0.2, 0.25) is 5.02 Å². The summed E-state index contributed by atoms with van der Waals surface area (Å²) in [6.07, 6.45) is -2.83. The van der Waals surface area contributed by atoms with Crippen molar-refractivity contribution in [1.29, 1.82) is 0 Å². The molecule has 78 valence electrons. The Kier molecular flexibility index (Phi) is 3.39. The fourth-order valence-electron chi connectivity index (χ4n) is 1.11. The number of benzene rings is 1. The smallest absolute Gasteiger partial charge is 0.257 e. The minimum absolute atomic E-state index is 0.0686. The summed E-state index contributed by atoms with van der Waals surface area (Å²) in [7, 11) is 0. The predicted molar refractivity (Wildman–Crippen MR) is 49.1 cm³/mol.